The van der Waals surface area contributed by atoms with E-state index in [1.807, 2.05) is 24.5 Å². The molecule has 11 heavy (non-hydrogen) atoms. The summed E-state index contributed by atoms with van der Waals surface area (Å²) in [7, 11) is -3.90. The number of aromatic amines is 1. The second-order valence-corrected chi connectivity index (χ2v) is 2.93. The zero-order valence-corrected chi connectivity index (χ0v) is 6.58. The maximum atomic E-state index is 9.44. The van der Waals surface area contributed by atoms with Gasteiger partial charge < -0.3 is 4.98 Å². The Labute approximate surface area is 65.3 Å². The van der Waals surface area contributed by atoms with E-state index in [1.54, 1.807) is 0 Å². The van der Waals surface area contributed by atoms with Crippen molar-refractivity contribution in [3.05, 3.63) is 36.5 Å². The smallest absolute Gasteiger partial charge is 0.287 e. The van der Waals surface area contributed by atoms with Crippen molar-refractivity contribution in [3.63, 3.8) is 0 Å². The van der Waals surface area contributed by atoms with Crippen LogP contribution in [0.25, 0.3) is 0 Å². The summed E-state index contributed by atoms with van der Waals surface area (Å²) >= 11 is 0. The van der Waals surface area contributed by atoms with Gasteiger partial charge in [0, 0.05) is 12.4 Å². The second-order valence-electron chi connectivity index (χ2n) is 1.57. The van der Waals surface area contributed by atoms with Gasteiger partial charge in [-0.3, -0.25) is 4.55 Å². The second kappa shape index (κ2) is 4.70. The molecule has 5 heteroatoms. The molecule has 2 N–H and O–H groups in total. The van der Waals surface area contributed by atoms with Gasteiger partial charge in [-0.2, -0.15) is 8.42 Å². The highest BCUT2D eigenvalue weighted by Gasteiger charge is 1.87. The Morgan fingerprint density at radius 2 is 1.73 bits per heavy atom. The summed E-state index contributed by atoms with van der Waals surface area (Å²) in [6.07, 6.45) is 3.75. The standard InChI is InChI=1S/C4H5N.C2H4O3S/c1-2-4-5-3-1;1-2-6(3,4)5/h1-5H;2H,1H2,(H,3,4,5). The van der Waals surface area contributed by atoms with Gasteiger partial charge in [0.15, 0.2) is 0 Å². The van der Waals surface area contributed by atoms with Crippen molar-refractivity contribution >= 4 is 10.1 Å². The summed E-state index contributed by atoms with van der Waals surface area (Å²) in [6.45, 7) is 2.79. The number of hydrogen-bond acceptors (Lipinski definition) is 2. The SMILES string of the molecule is C=CS(=O)(=O)O.c1cc[nH]c1. The van der Waals surface area contributed by atoms with Crippen molar-refractivity contribution in [1.82, 2.24) is 4.98 Å². The third kappa shape index (κ3) is 8.93. The lowest BCUT2D eigenvalue weighted by Crippen LogP contribution is -1.86. The van der Waals surface area contributed by atoms with Crippen LogP contribution in [0, 0.1) is 0 Å². The van der Waals surface area contributed by atoms with E-state index in [0.717, 1.165) is 0 Å². The third-order valence-corrected chi connectivity index (χ3v) is 1.13. The molecule has 0 saturated carbocycles. The molecule has 0 unspecified atom stereocenters. The lowest BCUT2D eigenvalue weighted by atomic mass is 10.7. The van der Waals surface area contributed by atoms with E-state index in [2.05, 4.69) is 11.6 Å². The van der Waals surface area contributed by atoms with E-state index in [4.69, 9.17) is 4.55 Å². The Morgan fingerprint density at radius 1 is 1.36 bits per heavy atom. The van der Waals surface area contributed by atoms with Gasteiger partial charge in [-0.25, -0.2) is 0 Å². The van der Waals surface area contributed by atoms with Gasteiger partial charge in [0.05, 0.1) is 5.41 Å². The number of rotatable bonds is 1. The Bertz CT molecular complexity index is 246. The van der Waals surface area contributed by atoms with Gasteiger partial charge in [0.1, 0.15) is 0 Å². The topological polar surface area (TPSA) is 70.2 Å². The van der Waals surface area contributed by atoms with Gasteiger partial charge >= 0.3 is 0 Å². The van der Waals surface area contributed by atoms with Crippen LogP contribution in [0.5, 0.6) is 0 Å². The highest BCUT2D eigenvalue weighted by molar-refractivity contribution is 7.88. The average Bonchev–Trinajstić information content (AvgIpc) is 2.41. The Hall–Kier alpha value is -1.07. The fourth-order valence-corrected chi connectivity index (χ4v) is 0.278. The molecule has 1 heterocycles. The molecular formula is C6H9NO3S. The van der Waals surface area contributed by atoms with E-state index in [0.29, 0.717) is 5.41 Å². The predicted molar refractivity (Wildman–Crippen MR) is 42.5 cm³/mol. The van der Waals surface area contributed by atoms with Crippen molar-refractivity contribution in [3.8, 4) is 0 Å². The van der Waals surface area contributed by atoms with E-state index >= 15 is 0 Å². The zero-order chi connectivity index (χ0) is 8.74. The number of hydrogen-bond donors (Lipinski definition) is 2. The number of aromatic nitrogens is 1. The van der Waals surface area contributed by atoms with Crippen LogP contribution in [0.2, 0.25) is 0 Å². The van der Waals surface area contributed by atoms with E-state index < -0.39 is 10.1 Å². The van der Waals surface area contributed by atoms with Crippen LogP contribution < -0.4 is 0 Å². The van der Waals surface area contributed by atoms with Gasteiger partial charge in [-0.05, 0) is 12.1 Å². The largest absolute Gasteiger partial charge is 0.368 e. The lowest BCUT2D eigenvalue weighted by molar-refractivity contribution is 0.494. The third-order valence-electron chi connectivity index (χ3n) is 0.707. The molecular weight excluding hydrogens is 166 g/mol. The molecule has 0 bridgehead atoms. The Morgan fingerprint density at radius 3 is 1.82 bits per heavy atom. The molecule has 0 fully saturated rings. The lowest BCUT2D eigenvalue weighted by Gasteiger charge is -1.73. The summed E-state index contributed by atoms with van der Waals surface area (Å²) in [5.41, 5.74) is 0. The van der Waals surface area contributed by atoms with Gasteiger partial charge in [-0.15, -0.1) is 0 Å². The van der Waals surface area contributed by atoms with Crippen LogP contribution in [-0.2, 0) is 10.1 Å². The van der Waals surface area contributed by atoms with Gasteiger partial charge in [0.25, 0.3) is 10.1 Å². The molecule has 0 aliphatic carbocycles. The molecule has 0 amide bonds. The molecule has 1 aromatic heterocycles. The molecule has 0 aromatic carbocycles. The first-order valence-electron chi connectivity index (χ1n) is 2.74. The normalized spacial score (nSPS) is 9.55. The molecule has 0 spiro atoms. The quantitative estimate of drug-likeness (QED) is 0.626. The first kappa shape index (κ1) is 9.93. The number of H-pyrrole nitrogens is 1. The Balaban J connectivity index is 0.000000183. The molecule has 0 aliphatic rings. The minimum Gasteiger partial charge on any atom is -0.368 e. The first-order valence-corrected chi connectivity index (χ1v) is 4.24. The van der Waals surface area contributed by atoms with Crippen LogP contribution in [0.1, 0.15) is 0 Å². The molecule has 4 nitrogen and oxygen atoms in total. The summed E-state index contributed by atoms with van der Waals surface area (Å²) in [5, 5.41) is 0.465. The van der Waals surface area contributed by atoms with Crippen LogP contribution in [-0.4, -0.2) is 18.0 Å². The molecule has 0 aliphatic heterocycles. The summed E-state index contributed by atoms with van der Waals surface area (Å²) in [6, 6.07) is 3.89. The monoisotopic (exact) mass is 175 g/mol. The van der Waals surface area contributed by atoms with Crippen LogP contribution in [0.4, 0.5) is 0 Å². The van der Waals surface area contributed by atoms with Crippen molar-refractivity contribution in [2.24, 2.45) is 0 Å². The van der Waals surface area contributed by atoms with E-state index in [9.17, 15) is 8.42 Å². The fraction of sp³-hybridized carbons (Fsp3) is 0. The summed E-state index contributed by atoms with van der Waals surface area (Å²) < 4.78 is 26.6. The van der Waals surface area contributed by atoms with Gasteiger partial charge in [-0.1, -0.05) is 6.58 Å². The van der Waals surface area contributed by atoms with Crippen LogP contribution >= 0.6 is 0 Å². The van der Waals surface area contributed by atoms with Crippen molar-refractivity contribution < 1.29 is 13.0 Å². The highest BCUT2D eigenvalue weighted by Crippen LogP contribution is 1.75. The van der Waals surface area contributed by atoms with Gasteiger partial charge in [0.2, 0.25) is 0 Å². The maximum absolute atomic E-state index is 9.44. The average molecular weight is 175 g/mol. The maximum Gasteiger partial charge on any atom is 0.287 e. The molecule has 1 rings (SSSR count). The van der Waals surface area contributed by atoms with Crippen LogP contribution in [0.3, 0.4) is 0 Å². The van der Waals surface area contributed by atoms with E-state index in [-0.39, 0.29) is 0 Å². The molecule has 0 saturated heterocycles. The highest BCUT2D eigenvalue weighted by atomic mass is 32.2. The predicted octanol–water partition coefficient (Wildman–Crippen LogP) is 1.03. The molecule has 0 atom stereocenters. The molecule has 0 radical (unpaired) electrons. The molecule has 1 aromatic rings. The molecule has 62 valence electrons. The van der Waals surface area contributed by atoms with Crippen LogP contribution in [0.15, 0.2) is 36.5 Å². The minimum absolute atomic E-state index is 0.465. The van der Waals surface area contributed by atoms with E-state index in [1.165, 1.54) is 0 Å². The zero-order valence-electron chi connectivity index (χ0n) is 5.77. The van der Waals surface area contributed by atoms with Crippen molar-refractivity contribution in [1.29, 1.82) is 0 Å². The Kier molecular flexibility index (Phi) is 4.24. The van der Waals surface area contributed by atoms with Crippen molar-refractivity contribution in [2.75, 3.05) is 0 Å². The summed E-state index contributed by atoms with van der Waals surface area (Å²) in [5.74, 6) is 0. The fourth-order valence-electron chi connectivity index (χ4n) is 0.278. The van der Waals surface area contributed by atoms with Crippen molar-refractivity contribution in [2.45, 2.75) is 0 Å². The number of nitrogens with one attached hydrogen (secondary N) is 1. The first-order chi connectivity index (χ1) is 5.06. The summed E-state index contributed by atoms with van der Waals surface area (Å²) in [4.78, 5) is 2.86. The minimum atomic E-state index is -3.90.